The molecule has 0 saturated heterocycles. The SMILES string of the molecule is CCCCOCCOCc1ccccc1C#CCCO. The molecule has 110 valence electrons. The van der Waals surface area contributed by atoms with Crippen molar-refractivity contribution in [2.75, 3.05) is 26.4 Å². The molecule has 0 bridgehead atoms. The molecule has 0 aliphatic rings. The molecule has 0 heterocycles. The van der Waals surface area contributed by atoms with Crippen LogP contribution >= 0.6 is 0 Å². The third kappa shape index (κ3) is 7.30. The van der Waals surface area contributed by atoms with Crippen LogP contribution < -0.4 is 0 Å². The molecule has 0 aromatic heterocycles. The minimum Gasteiger partial charge on any atom is -0.395 e. The van der Waals surface area contributed by atoms with Crippen molar-refractivity contribution in [2.24, 2.45) is 0 Å². The van der Waals surface area contributed by atoms with E-state index in [1.807, 2.05) is 24.3 Å². The summed E-state index contributed by atoms with van der Waals surface area (Å²) in [5.74, 6) is 6.00. The first-order valence-corrected chi connectivity index (χ1v) is 7.21. The fourth-order valence-corrected chi connectivity index (χ4v) is 1.63. The van der Waals surface area contributed by atoms with Gasteiger partial charge in [-0.1, -0.05) is 43.4 Å². The number of hydrogen-bond donors (Lipinski definition) is 1. The van der Waals surface area contributed by atoms with E-state index in [1.54, 1.807) is 0 Å². The van der Waals surface area contributed by atoms with E-state index >= 15 is 0 Å². The van der Waals surface area contributed by atoms with Crippen molar-refractivity contribution in [3.63, 3.8) is 0 Å². The average molecular weight is 276 g/mol. The van der Waals surface area contributed by atoms with E-state index in [4.69, 9.17) is 14.6 Å². The second-order valence-corrected chi connectivity index (χ2v) is 4.45. The highest BCUT2D eigenvalue weighted by atomic mass is 16.5. The van der Waals surface area contributed by atoms with Crippen LogP contribution in [-0.4, -0.2) is 31.5 Å². The molecule has 3 heteroatoms. The number of aliphatic hydroxyl groups is 1. The summed E-state index contributed by atoms with van der Waals surface area (Å²) in [4.78, 5) is 0. The molecule has 0 amide bonds. The maximum Gasteiger partial charge on any atom is 0.0730 e. The molecule has 0 saturated carbocycles. The first-order chi connectivity index (χ1) is 9.88. The van der Waals surface area contributed by atoms with Gasteiger partial charge in [0.2, 0.25) is 0 Å². The first-order valence-electron chi connectivity index (χ1n) is 7.21. The predicted molar refractivity (Wildman–Crippen MR) is 80.4 cm³/mol. The van der Waals surface area contributed by atoms with Gasteiger partial charge in [0.15, 0.2) is 0 Å². The molecule has 1 N–H and O–H groups in total. The van der Waals surface area contributed by atoms with Crippen molar-refractivity contribution in [3.8, 4) is 11.8 Å². The van der Waals surface area contributed by atoms with Gasteiger partial charge >= 0.3 is 0 Å². The lowest BCUT2D eigenvalue weighted by Crippen LogP contribution is -2.05. The van der Waals surface area contributed by atoms with Gasteiger partial charge in [0.1, 0.15) is 0 Å². The summed E-state index contributed by atoms with van der Waals surface area (Å²) >= 11 is 0. The van der Waals surface area contributed by atoms with Gasteiger partial charge in [0, 0.05) is 18.6 Å². The lowest BCUT2D eigenvalue weighted by molar-refractivity contribution is 0.0396. The quantitative estimate of drug-likeness (QED) is 0.557. The highest BCUT2D eigenvalue weighted by Crippen LogP contribution is 2.08. The number of rotatable bonds is 9. The molecule has 0 spiro atoms. The van der Waals surface area contributed by atoms with Crippen LogP contribution in [-0.2, 0) is 16.1 Å². The van der Waals surface area contributed by atoms with Crippen LogP contribution in [0.5, 0.6) is 0 Å². The van der Waals surface area contributed by atoms with E-state index in [0.29, 0.717) is 26.2 Å². The molecule has 0 aliphatic carbocycles. The van der Waals surface area contributed by atoms with Crippen molar-refractivity contribution >= 4 is 0 Å². The molecule has 3 nitrogen and oxygen atoms in total. The van der Waals surface area contributed by atoms with Crippen LogP contribution in [0.2, 0.25) is 0 Å². The number of ether oxygens (including phenoxy) is 2. The van der Waals surface area contributed by atoms with Crippen molar-refractivity contribution in [1.82, 2.24) is 0 Å². The zero-order valence-corrected chi connectivity index (χ0v) is 12.2. The number of hydrogen-bond acceptors (Lipinski definition) is 3. The Kier molecular flexibility index (Phi) is 9.60. The third-order valence-electron chi connectivity index (χ3n) is 2.75. The van der Waals surface area contributed by atoms with Gasteiger partial charge in [-0.05, 0) is 18.1 Å². The Hall–Kier alpha value is -1.34. The predicted octanol–water partition coefficient (Wildman–Crippen LogP) is 2.75. The summed E-state index contributed by atoms with van der Waals surface area (Å²) in [6.07, 6.45) is 2.75. The van der Waals surface area contributed by atoms with Crippen molar-refractivity contribution < 1.29 is 14.6 Å². The van der Waals surface area contributed by atoms with Crippen molar-refractivity contribution in [3.05, 3.63) is 35.4 Å². The van der Waals surface area contributed by atoms with Crippen molar-refractivity contribution in [2.45, 2.75) is 32.8 Å². The molecule has 1 aromatic rings. The Balaban J connectivity index is 2.31. The van der Waals surface area contributed by atoms with Gasteiger partial charge in [-0.15, -0.1) is 0 Å². The smallest absolute Gasteiger partial charge is 0.0730 e. The molecule has 1 aromatic carbocycles. The maximum atomic E-state index is 8.73. The molecule has 0 aliphatic heterocycles. The Bertz CT molecular complexity index is 418. The zero-order chi connectivity index (χ0) is 14.5. The largest absolute Gasteiger partial charge is 0.395 e. The van der Waals surface area contributed by atoms with Gasteiger partial charge in [-0.3, -0.25) is 0 Å². The third-order valence-corrected chi connectivity index (χ3v) is 2.75. The second-order valence-electron chi connectivity index (χ2n) is 4.45. The first kappa shape index (κ1) is 16.7. The molecule has 0 unspecified atom stereocenters. The van der Waals surface area contributed by atoms with Gasteiger partial charge < -0.3 is 14.6 Å². The van der Waals surface area contributed by atoms with Gasteiger partial charge in [-0.25, -0.2) is 0 Å². The summed E-state index contributed by atoms with van der Waals surface area (Å²) in [6, 6.07) is 7.93. The van der Waals surface area contributed by atoms with Gasteiger partial charge in [-0.2, -0.15) is 0 Å². The summed E-state index contributed by atoms with van der Waals surface area (Å²) in [7, 11) is 0. The normalized spacial score (nSPS) is 10.1. The monoisotopic (exact) mass is 276 g/mol. The minimum absolute atomic E-state index is 0.0980. The van der Waals surface area contributed by atoms with Crippen LogP contribution in [0.4, 0.5) is 0 Å². The number of aliphatic hydroxyl groups excluding tert-OH is 1. The van der Waals surface area contributed by atoms with Crippen LogP contribution in [0.15, 0.2) is 24.3 Å². The van der Waals surface area contributed by atoms with E-state index in [0.717, 1.165) is 30.6 Å². The fraction of sp³-hybridized carbons (Fsp3) is 0.529. The van der Waals surface area contributed by atoms with Gasteiger partial charge in [0.25, 0.3) is 0 Å². The molecular weight excluding hydrogens is 252 g/mol. The lowest BCUT2D eigenvalue weighted by Gasteiger charge is -2.07. The van der Waals surface area contributed by atoms with E-state index in [2.05, 4.69) is 18.8 Å². The Morgan fingerprint density at radius 1 is 1.10 bits per heavy atom. The minimum atomic E-state index is 0.0980. The van der Waals surface area contributed by atoms with E-state index in [9.17, 15) is 0 Å². The van der Waals surface area contributed by atoms with E-state index in [-0.39, 0.29) is 6.61 Å². The molecule has 0 fully saturated rings. The van der Waals surface area contributed by atoms with E-state index in [1.165, 1.54) is 0 Å². The Labute approximate surface area is 121 Å². The number of benzene rings is 1. The second kappa shape index (κ2) is 11.5. The summed E-state index contributed by atoms with van der Waals surface area (Å²) in [6.45, 7) is 4.83. The topological polar surface area (TPSA) is 38.7 Å². The molecule has 0 atom stereocenters. The molecular formula is C17H24O3. The van der Waals surface area contributed by atoms with Crippen LogP contribution in [0.25, 0.3) is 0 Å². The van der Waals surface area contributed by atoms with Gasteiger partial charge in [0.05, 0.1) is 26.4 Å². The van der Waals surface area contributed by atoms with Crippen LogP contribution in [0.3, 0.4) is 0 Å². The summed E-state index contributed by atoms with van der Waals surface area (Å²) in [5.41, 5.74) is 2.04. The highest BCUT2D eigenvalue weighted by molar-refractivity contribution is 5.40. The average Bonchev–Trinajstić information content (AvgIpc) is 2.48. The van der Waals surface area contributed by atoms with Crippen LogP contribution in [0.1, 0.15) is 37.3 Å². The zero-order valence-electron chi connectivity index (χ0n) is 12.2. The number of unbranched alkanes of at least 4 members (excludes halogenated alkanes) is 1. The van der Waals surface area contributed by atoms with Crippen molar-refractivity contribution in [1.29, 1.82) is 0 Å². The highest BCUT2D eigenvalue weighted by Gasteiger charge is 1.99. The summed E-state index contributed by atoms with van der Waals surface area (Å²) < 4.78 is 11.0. The Morgan fingerprint density at radius 2 is 1.90 bits per heavy atom. The standard InChI is InChI=1S/C17H24O3/c1-2-3-12-19-13-14-20-15-17-10-5-4-8-16(17)9-6-7-11-18/h4-5,8,10,18H,2-3,7,11-15H2,1H3. The van der Waals surface area contributed by atoms with Crippen LogP contribution in [0, 0.1) is 11.8 Å². The summed E-state index contributed by atoms with van der Waals surface area (Å²) in [5, 5.41) is 8.73. The van der Waals surface area contributed by atoms with E-state index < -0.39 is 0 Å². The Morgan fingerprint density at radius 3 is 2.70 bits per heavy atom. The molecule has 0 radical (unpaired) electrons. The lowest BCUT2D eigenvalue weighted by atomic mass is 10.1. The molecule has 1 rings (SSSR count). The molecule has 20 heavy (non-hydrogen) atoms. The maximum absolute atomic E-state index is 8.73. The fourth-order valence-electron chi connectivity index (χ4n) is 1.63.